The summed E-state index contributed by atoms with van der Waals surface area (Å²) in [6.45, 7) is 5.48. The Morgan fingerprint density at radius 1 is 1.30 bits per heavy atom. The highest BCUT2D eigenvalue weighted by molar-refractivity contribution is 7.90. The Labute approximate surface area is 165 Å². The van der Waals surface area contributed by atoms with E-state index in [1.807, 2.05) is 30.9 Å². The van der Waals surface area contributed by atoms with Crippen molar-refractivity contribution < 1.29 is 17.9 Å². The predicted octanol–water partition coefficient (Wildman–Crippen LogP) is 2.27. The number of benzene rings is 1. The van der Waals surface area contributed by atoms with Gasteiger partial charge < -0.3 is 9.64 Å². The second-order valence-corrected chi connectivity index (χ2v) is 10.9. The molecule has 0 aliphatic carbocycles. The maximum atomic E-state index is 13.2. The number of ether oxygens (including phenoxy) is 1. The molecule has 3 saturated heterocycles. The van der Waals surface area contributed by atoms with Gasteiger partial charge in [0.05, 0.1) is 12.6 Å². The highest BCUT2D eigenvalue weighted by atomic mass is 35.5. The smallest absolute Gasteiger partial charge is 0.223 e. The monoisotopic (exact) mass is 412 g/mol. The lowest BCUT2D eigenvalue weighted by molar-refractivity contribution is -0.151. The number of amides is 1. The Bertz CT molecular complexity index is 842. The van der Waals surface area contributed by atoms with Crippen LogP contribution in [0.15, 0.2) is 24.3 Å². The summed E-state index contributed by atoms with van der Waals surface area (Å²) >= 11 is 5.92. The van der Waals surface area contributed by atoms with Gasteiger partial charge in [-0.25, -0.2) is 8.42 Å². The van der Waals surface area contributed by atoms with E-state index in [-0.39, 0.29) is 17.9 Å². The summed E-state index contributed by atoms with van der Waals surface area (Å²) in [4.78, 5) is 14.4. The summed E-state index contributed by atoms with van der Waals surface area (Å²) in [6, 6.07) is 7.20. The molecule has 4 rings (SSSR count). The molecule has 8 heteroatoms. The Kier molecular flexibility index (Phi) is 4.78. The molecule has 0 N–H and O–H groups in total. The minimum Gasteiger partial charge on any atom is -0.365 e. The van der Waals surface area contributed by atoms with E-state index in [2.05, 4.69) is 0 Å². The molecular formula is C19H25ClN2O4S. The third-order valence-electron chi connectivity index (χ3n) is 5.72. The third-order valence-corrected chi connectivity index (χ3v) is 8.29. The van der Waals surface area contributed by atoms with Crippen molar-refractivity contribution in [1.29, 1.82) is 0 Å². The van der Waals surface area contributed by atoms with Gasteiger partial charge in [-0.3, -0.25) is 4.79 Å². The highest BCUT2D eigenvalue weighted by Gasteiger charge is 2.65. The van der Waals surface area contributed by atoms with Crippen LogP contribution in [0.4, 0.5) is 0 Å². The van der Waals surface area contributed by atoms with E-state index >= 15 is 0 Å². The van der Waals surface area contributed by atoms with Crippen LogP contribution >= 0.6 is 11.6 Å². The number of rotatable bonds is 4. The van der Waals surface area contributed by atoms with Crippen LogP contribution < -0.4 is 0 Å². The zero-order valence-corrected chi connectivity index (χ0v) is 17.2. The summed E-state index contributed by atoms with van der Waals surface area (Å²) in [5.41, 5.74) is 0.0836. The van der Waals surface area contributed by atoms with Crippen LogP contribution in [-0.4, -0.2) is 60.1 Å². The average Bonchev–Trinajstić information content (AvgIpc) is 2.95. The molecule has 1 aromatic rings. The van der Waals surface area contributed by atoms with Crippen molar-refractivity contribution in [3.05, 3.63) is 34.9 Å². The molecule has 2 bridgehead atoms. The van der Waals surface area contributed by atoms with Gasteiger partial charge in [-0.2, -0.15) is 4.31 Å². The molecule has 6 nitrogen and oxygen atoms in total. The fourth-order valence-electron chi connectivity index (χ4n) is 4.55. The van der Waals surface area contributed by atoms with Crippen molar-refractivity contribution in [2.75, 3.05) is 19.6 Å². The van der Waals surface area contributed by atoms with Crippen molar-refractivity contribution in [1.82, 2.24) is 9.21 Å². The lowest BCUT2D eigenvalue weighted by Gasteiger charge is -2.39. The van der Waals surface area contributed by atoms with Crippen molar-refractivity contribution in [3.63, 3.8) is 0 Å². The quantitative estimate of drug-likeness (QED) is 0.760. The molecular weight excluding hydrogens is 388 g/mol. The summed E-state index contributed by atoms with van der Waals surface area (Å²) in [7, 11) is -3.47. The lowest BCUT2D eigenvalue weighted by Crippen LogP contribution is -2.56. The van der Waals surface area contributed by atoms with E-state index < -0.39 is 20.9 Å². The second-order valence-electron chi connectivity index (χ2n) is 8.34. The van der Waals surface area contributed by atoms with E-state index in [4.69, 9.17) is 16.3 Å². The third kappa shape index (κ3) is 3.39. The molecule has 3 aliphatic rings. The van der Waals surface area contributed by atoms with Crippen molar-refractivity contribution in [2.24, 2.45) is 5.92 Å². The second kappa shape index (κ2) is 6.72. The predicted molar refractivity (Wildman–Crippen MR) is 103 cm³/mol. The number of fused-ring (bicyclic) bond motifs is 1. The van der Waals surface area contributed by atoms with E-state index in [9.17, 15) is 13.2 Å². The van der Waals surface area contributed by atoms with E-state index in [0.717, 1.165) is 5.56 Å². The van der Waals surface area contributed by atoms with Crippen molar-refractivity contribution in [3.8, 4) is 0 Å². The number of morpholine rings is 1. The highest BCUT2D eigenvalue weighted by Crippen LogP contribution is 2.47. The number of carbonyl (C=O) groups is 1. The van der Waals surface area contributed by atoms with Gasteiger partial charge in [0.2, 0.25) is 15.9 Å². The normalized spacial score (nSPS) is 32.1. The zero-order chi connectivity index (χ0) is 19.4. The molecule has 1 amide bonds. The molecule has 1 aromatic carbocycles. The van der Waals surface area contributed by atoms with Gasteiger partial charge in [0.15, 0.2) is 0 Å². The van der Waals surface area contributed by atoms with Crippen LogP contribution in [0.1, 0.15) is 32.3 Å². The summed E-state index contributed by atoms with van der Waals surface area (Å²) < 4.78 is 34.0. The van der Waals surface area contributed by atoms with Crippen LogP contribution in [0.2, 0.25) is 5.02 Å². The number of hydrogen-bond donors (Lipinski definition) is 0. The number of halogens is 1. The topological polar surface area (TPSA) is 66.9 Å². The lowest BCUT2D eigenvalue weighted by atomic mass is 9.98. The number of nitrogens with zero attached hydrogens (tertiary/aromatic N) is 2. The number of hydrogen-bond acceptors (Lipinski definition) is 4. The van der Waals surface area contributed by atoms with Gasteiger partial charge in [-0.1, -0.05) is 37.6 Å². The molecule has 0 aromatic heterocycles. The van der Waals surface area contributed by atoms with Crippen molar-refractivity contribution >= 4 is 27.5 Å². The maximum absolute atomic E-state index is 13.2. The Hall–Kier alpha value is -1.15. The Balaban J connectivity index is 1.56. The van der Waals surface area contributed by atoms with Crippen LogP contribution in [0.5, 0.6) is 0 Å². The van der Waals surface area contributed by atoms with E-state index in [1.54, 1.807) is 12.1 Å². The average molecular weight is 413 g/mol. The number of sulfonamides is 1. The molecule has 3 aliphatic heterocycles. The Morgan fingerprint density at radius 2 is 2.00 bits per heavy atom. The molecule has 3 atom stereocenters. The van der Waals surface area contributed by atoms with Crippen LogP contribution in [0.25, 0.3) is 0 Å². The maximum Gasteiger partial charge on any atom is 0.223 e. The van der Waals surface area contributed by atoms with Crippen LogP contribution in [0, 0.1) is 5.92 Å². The van der Waals surface area contributed by atoms with Gasteiger partial charge >= 0.3 is 0 Å². The van der Waals surface area contributed by atoms with E-state index in [1.165, 1.54) is 4.31 Å². The van der Waals surface area contributed by atoms with Gasteiger partial charge in [0.1, 0.15) is 10.9 Å². The van der Waals surface area contributed by atoms with Gasteiger partial charge in [0, 0.05) is 31.1 Å². The first-order valence-corrected chi connectivity index (χ1v) is 11.3. The molecule has 0 saturated carbocycles. The van der Waals surface area contributed by atoms with Crippen molar-refractivity contribution in [2.45, 2.75) is 50.2 Å². The van der Waals surface area contributed by atoms with Crippen LogP contribution in [0.3, 0.4) is 0 Å². The molecule has 0 radical (unpaired) electrons. The first-order chi connectivity index (χ1) is 12.7. The van der Waals surface area contributed by atoms with Crippen LogP contribution in [-0.2, 0) is 26.1 Å². The first kappa shape index (κ1) is 19.2. The summed E-state index contributed by atoms with van der Waals surface area (Å²) in [6.07, 6.45) is 0.756. The minimum atomic E-state index is -3.47. The standard InChI is InChI=1S/C19H25ClN2O4S/c1-13(2)7-18(23)21-10-16-8-17-19(11-21,26-16)12-22(27(17,24)25)9-14-3-5-15(20)6-4-14/h3-6,13,16-17H,7-12H2,1-2H3/t16-,17+,19+/m0/s1. The van der Waals surface area contributed by atoms with Gasteiger partial charge in [-0.15, -0.1) is 0 Å². The fraction of sp³-hybridized carbons (Fsp3) is 0.632. The molecule has 148 valence electrons. The number of carbonyl (C=O) groups excluding carboxylic acids is 1. The summed E-state index contributed by atoms with van der Waals surface area (Å²) in [5, 5.41) is 0.0513. The molecule has 1 spiro atoms. The SMILES string of the molecule is CC(C)CC(=O)N1C[C@@H]2C[C@@H]3[C@@](C1)(CN(Cc1ccc(Cl)cc1)S3(=O)=O)O2. The van der Waals surface area contributed by atoms with Gasteiger partial charge in [-0.05, 0) is 30.0 Å². The fourth-order valence-corrected chi connectivity index (χ4v) is 6.97. The zero-order valence-electron chi connectivity index (χ0n) is 15.6. The molecule has 3 heterocycles. The largest absolute Gasteiger partial charge is 0.365 e. The van der Waals surface area contributed by atoms with E-state index in [0.29, 0.717) is 44.0 Å². The first-order valence-electron chi connectivity index (χ1n) is 9.39. The molecule has 27 heavy (non-hydrogen) atoms. The molecule has 0 unspecified atom stereocenters. The Morgan fingerprint density at radius 3 is 2.67 bits per heavy atom. The van der Waals surface area contributed by atoms with Gasteiger partial charge in [0.25, 0.3) is 0 Å². The molecule has 3 fully saturated rings. The minimum absolute atomic E-state index is 0.0897. The number of likely N-dealkylation sites (tertiary alicyclic amines) is 1. The summed E-state index contributed by atoms with van der Waals surface area (Å²) in [5.74, 6) is 0.367.